The highest BCUT2D eigenvalue weighted by Crippen LogP contribution is 2.18. The minimum absolute atomic E-state index is 0.0301. The fourth-order valence-electron chi connectivity index (χ4n) is 2.89. The lowest BCUT2D eigenvalue weighted by atomic mass is 10.1. The summed E-state index contributed by atoms with van der Waals surface area (Å²) in [5, 5.41) is 5.54. The molecule has 0 aliphatic carbocycles. The summed E-state index contributed by atoms with van der Waals surface area (Å²) >= 11 is 0. The van der Waals surface area contributed by atoms with Gasteiger partial charge in [-0.3, -0.25) is 9.59 Å². The van der Waals surface area contributed by atoms with Crippen LogP contribution >= 0.6 is 0 Å². The van der Waals surface area contributed by atoms with E-state index in [1.165, 1.54) is 18.4 Å². The molecule has 7 heteroatoms. The fourth-order valence-corrected chi connectivity index (χ4v) is 2.89. The van der Waals surface area contributed by atoms with E-state index in [1.54, 1.807) is 53.4 Å². The number of para-hydroxylation sites is 1. The zero-order valence-electron chi connectivity index (χ0n) is 16.0. The minimum Gasteiger partial charge on any atom is -0.467 e. The zero-order chi connectivity index (χ0) is 20.6. The molecule has 0 atom stereocenters. The highest BCUT2D eigenvalue weighted by Gasteiger charge is 2.15. The summed E-state index contributed by atoms with van der Waals surface area (Å²) < 4.78 is 18.7. The molecule has 2 aromatic carbocycles. The molecule has 2 amide bonds. The van der Waals surface area contributed by atoms with Crippen LogP contribution in [0.25, 0.3) is 0 Å². The molecule has 0 spiro atoms. The Morgan fingerprint density at radius 3 is 2.62 bits per heavy atom. The van der Waals surface area contributed by atoms with E-state index < -0.39 is 0 Å². The van der Waals surface area contributed by atoms with Gasteiger partial charge in [-0.05, 0) is 49.4 Å². The Morgan fingerprint density at radius 1 is 1.07 bits per heavy atom. The van der Waals surface area contributed by atoms with E-state index in [9.17, 15) is 14.0 Å². The quantitative estimate of drug-likeness (QED) is 0.608. The third kappa shape index (κ3) is 5.44. The van der Waals surface area contributed by atoms with Gasteiger partial charge < -0.3 is 20.0 Å². The standard InChI is InChI=1S/C22H22FN3O3/c1-2-26(17-8-5-7-16(23)13-17)15-21(27)25-20-11-4-3-10-19(20)22(28)24-14-18-9-6-12-29-18/h3-13H,2,14-15H2,1H3,(H,24,28)(H,25,27). The first-order valence-corrected chi connectivity index (χ1v) is 9.26. The van der Waals surface area contributed by atoms with Crippen LogP contribution in [0.5, 0.6) is 0 Å². The first-order valence-electron chi connectivity index (χ1n) is 9.26. The Kier molecular flexibility index (Phi) is 6.63. The van der Waals surface area contributed by atoms with Crippen molar-refractivity contribution in [1.29, 1.82) is 0 Å². The van der Waals surface area contributed by atoms with E-state index in [-0.39, 0.29) is 30.7 Å². The Hall–Kier alpha value is -3.61. The van der Waals surface area contributed by atoms with Crippen molar-refractivity contribution >= 4 is 23.2 Å². The number of hydrogen-bond acceptors (Lipinski definition) is 4. The highest BCUT2D eigenvalue weighted by atomic mass is 19.1. The number of nitrogens with zero attached hydrogens (tertiary/aromatic N) is 1. The molecule has 6 nitrogen and oxygen atoms in total. The van der Waals surface area contributed by atoms with Gasteiger partial charge in [-0.25, -0.2) is 4.39 Å². The van der Waals surface area contributed by atoms with Gasteiger partial charge in [0.25, 0.3) is 5.91 Å². The van der Waals surface area contributed by atoms with Crippen LogP contribution in [0.15, 0.2) is 71.3 Å². The maximum Gasteiger partial charge on any atom is 0.253 e. The average molecular weight is 395 g/mol. The number of nitrogens with one attached hydrogen (secondary N) is 2. The number of halogens is 1. The summed E-state index contributed by atoms with van der Waals surface area (Å²) in [5.41, 5.74) is 1.37. The van der Waals surface area contributed by atoms with Crippen molar-refractivity contribution in [2.24, 2.45) is 0 Å². The summed E-state index contributed by atoms with van der Waals surface area (Å²) in [5.74, 6) is -0.356. The molecule has 0 fully saturated rings. The van der Waals surface area contributed by atoms with Gasteiger partial charge in [-0.2, -0.15) is 0 Å². The van der Waals surface area contributed by atoms with Crippen molar-refractivity contribution in [3.8, 4) is 0 Å². The normalized spacial score (nSPS) is 10.4. The van der Waals surface area contributed by atoms with Crippen molar-refractivity contribution in [3.63, 3.8) is 0 Å². The van der Waals surface area contributed by atoms with Crippen LogP contribution < -0.4 is 15.5 Å². The molecule has 2 N–H and O–H groups in total. The van der Waals surface area contributed by atoms with Gasteiger partial charge in [0, 0.05) is 12.2 Å². The maximum absolute atomic E-state index is 13.5. The van der Waals surface area contributed by atoms with Crippen molar-refractivity contribution in [3.05, 3.63) is 84.1 Å². The van der Waals surface area contributed by atoms with Crippen LogP contribution in [-0.4, -0.2) is 24.9 Å². The molecule has 0 unspecified atom stereocenters. The summed E-state index contributed by atoms with van der Waals surface area (Å²) in [6, 6.07) is 16.4. The Morgan fingerprint density at radius 2 is 1.90 bits per heavy atom. The molecule has 0 aliphatic rings. The summed E-state index contributed by atoms with van der Waals surface area (Å²) in [6.07, 6.45) is 1.54. The lowest BCUT2D eigenvalue weighted by Crippen LogP contribution is -2.34. The molecule has 3 aromatic rings. The molecule has 0 saturated heterocycles. The Labute approximate surface area is 168 Å². The van der Waals surface area contributed by atoms with Gasteiger partial charge in [0.05, 0.1) is 30.6 Å². The van der Waals surface area contributed by atoms with E-state index in [2.05, 4.69) is 10.6 Å². The molecule has 0 saturated carbocycles. The third-order valence-electron chi connectivity index (χ3n) is 4.34. The van der Waals surface area contributed by atoms with Crippen LogP contribution in [0.4, 0.5) is 15.8 Å². The largest absolute Gasteiger partial charge is 0.467 e. The lowest BCUT2D eigenvalue weighted by Gasteiger charge is -2.22. The van der Waals surface area contributed by atoms with Gasteiger partial charge in [0.15, 0.2) is 0 Å². The van der Waals surface area contributed by atoms with E-state index in [1.807, 2.05) is 6.92 Å². The average Bonchev–Trinajstić information content (AvgIpc) is 3.24. The summed E-state index contributed by atoms with van der Waals surface area (Å²) in [7, 11) is 0. The molecule has 0 bridgehead atoms. The van der Waals surface area contributed by atoms with E-state index in [0.29, 0.717) is 29.2 Å². The number of hydrogen-bond donors (Lipinski definition) is 2. The van der Waals surface area contributed by atoms with Crippen LogP contribution in [0.3, 0.4) is 0 Å². The number of carbonyl (C=O) groups excluding carboxylic acids is 2. The molecule has 0 aliphatic heterocycles. The van der Waals surface area contributed by atoms with E-state index in [4.69, 9.17) is 4.42 Å². The molecule has 0 radical (unpaired) electrons. The summed E-state index contributed by atoms with van der Waals surface area (Å²) in [6.45, 7) is 2.69. The van der Waals surface area contributed by atoms with Gasteiger partial charge in [-0.1, -0.05) is 18.2 Å². The fraction of sp³-hybridized carbons (Fsp3) is 0.182. The van der Waals surface area contributed by atoms with Crippen molar-refractivity contribution in [2.75, 3.05) is 23.3 Å². The predicted octanol–water partition coefficient (Wildman–Crippen LogP) is 3.81. The number of rotatable bonds is 8. The van der Waals surface area contributed by atoms with Crippen molar-refractivity contribution in [1.82, 2.24) is 5.32 Å². The van der Waals surface area contributed by atoms with Crippen LogP contribution in [0.2, 0.25) is 0 Å². The summed E-state index contributed by atoms with van der Waals surface area (Å²) in [4.78, 5) is 26.8. The van der Waals surface area contributed by atoms with Crippen LogP contribution in [0, 0.1) is 5.82 Å². The predicted molar refractivity (Wildman–Crippen MR) is 109 cm³/mol. The third-order valence-corrected chi connectivity index (χ3v) is 4.34. The smallest absolute Gasteiger partial charge is 0.253 e. The first kappa shape index (κ1) is 20.1. The van der Waals surface area contributed by atoms with Gasteiger partial charge >= 0.3 is 0 Å². The Bertz CT molecular complexity index is 973. The molecule has 3 rings (SSSR count). The highest BCUT2D eigenvalue weighted by molar-refractivity contribution is 6.04. The number of benzene rings is 2. The van der Waals surface area contributed by atoms with Gasteiger partial charge in [0.2, 0.25) is 5.91 Å². The lowest BCUT2D eigenvalue weighted by molar-refractivity contribution is -0.115. The SMILES string of the molecule is CCN(CC(=O)Nc1ccccc1C(=O)NCc1ccco1)c1cccc(F)c1. The Balaban J connectivity index is 1.66. The number of carbonyl (C=O) groups is 2. The molecular formula is C22H22FN3O3. The van der Waals surface area contributed by atoms with E-state index in [0.717, 1.165) is 0 Å². The topological polar surface area (TPSA) is 74.6 Å². The number of likely N-dealkylation sites (N-methyl/N-ethyl adjacent to an activating group) is 1. The molecule has 29 heavy (non-hydrogen) atoms. The number of anilines is 2. The maximum atomic E-state index is 13.5. The molecule has 150 valence electrons. The second-order valence-electron chi connectivity index (χ2n) is 6.35. The van der Waals surface area contributed by atoms with E-state index >= 15 is 0 Å². The van der Waals surface area contributed by atoms with Gasteiger partial charge in [-0.15, -0.1) is 0 Å². The minimum atomic E-state index is -0.361. The van der Waals surface area contributed by atoms with Gasteiger partial charge in [0.1, 0.15) is 11.6 Å². The first-order chi connectivity index (χ1) is 14.1. The van der Waals surface area contributed by atoms with Crippen molar-refractivity contribution in [2.45, 2.75) is 13.5 Å². The van der Waals surface area contributed by atoms with Crippen LogP contribution in [-0.2, 0) is 11.3 Å². The molecular weight excluding hydrogens is 373 g/mol. The number of amides is 2. The second kappa shape index (κ2) is 9.54. The van der Waals surface area contributed by atoms with Crippen LogP contribution in [0.1, 0.15) is 23.0 Å². The van der Waals surface area contributed by atoms with Crippen molar-refractivity contribution < 1.29 is 18.4 Å². The molecule has 1 heterocycles. The second-order valence-corrected chi connectivity index (χ2v) is 6.35. The zero-order valence-corrected chi connectivity index (χ0v) is 16.0. The monoisotopic (exact) mass is 395 g/mol. The number of furan rings is 1. The molecule has 1 aromatic heterocycles.